The van der Waals surface area contributed by atoms with Crippen LogP contribution in [0.15, 0.2) is 25.3 Å². The first-order valence-corrected chi connectivity index (χ1v) is 7.00. The van der Waals surface area contributed by atoms with E-state index < -0.39 is 0 Å². The lowest BCUT2D eigenvalue weighted by Crippen LogP contribution is -2.20. The molecule has 17 heavy (non-hydrogen) atoms. The Balaban J connectivity index is 3.46. The van der Waals surface area contributed by atoms with Crippen LogP contribution in [0.1, 0.15) is 32.6 Å². The van der Waals surface area contributed by atoms with Crippen molar-refractivity contribution in [3.63, 3.8) is 0 Å². The van der Waals surface area contributed by atoms with Gasteiger partial charge in [-0.25, -0.2) is 0 Å². The van der Waals surface area contributed by atoms with Gasteiger partial charge in [-0.1, -0.05) is 25.5 Å². The van der Waals surface area contributed by atoms with E-state index in [1.165, 1.54) is 11.8 Å². The van der Waals surface area contributed by atoms with Crippen LogP contribution in [-0.2, 0) is 4.74 Å². The van der Waals surface area contributed by atoms with Crippen molar-refractivity contribution in [2.24, 2.45) is 5.41 Å². The normalized spacial score (nSPS) is 13.6. The molecule has 0 spiro atoms. The van der Waals surface area contributed by atoms with Gasteiger partial charge in [0.2, 0.25) is 0 Å². The van der Waals surface area contributed by atoms with Crippen LogP contribution in [0.4, 0.5) is 0 Å². The lowest BCUT2D eigenvalue weighted by molar-refractivity contribution is 0.0747. The monoisotopic (exact) mass is 253 g/mol. The van der Waals surface area contributed by atoms with E-state index in [-0.39, 0.29) is 5.41 Å². The third-order valence-corrected chi connectivity index (χ3v) is 3.26. The minimum Gasteiger partial charge on any atom is -0.381 e. The molecule has 0 saturated heterocycles. The molecule has 0 aromatic carbocycles. The number of unbranched alkanes of at least 4 members (excludes halogenated alkanes) is 2. The largest absolute Gasteiger partial charge is 0.381 e. The fourth-order valence-corrected chi connectivity index (χ4v) is 1.88. The summed E-state index contributed by atoms with van der Waals surface area (Å²) in [4.78, 5) is 0. The van der Waals surface area contributed by atoms with Gasteiger partial charge in [0.15, 0.2) is 0 Å². The van der Waals surface area contributed by atoms with E-state index in [0.717, 1.165) is 38.0 Å². The number of nitriles is 1. The van der Waals surface area contributed by atoms with Gasteiger partial charge in [-0.05, 0) is 31.0 Å². The van der Waals surface area contributed by atoms with Crippen LogP contribution in [0.3, 0.4) is 0 Å². The number of thioether (sulfide) groups is 1. The Labute approximate surface area is 110 Å². The highest BCUT2D eigenvalue weighted by Crippen LogP contribution is 2.23. The average Bonchev–Trinajstić information content (AvgIpc) is 2.33. The second-order valence-corrected chi connectivity index (χ2v) is 5.28. The molecular weight excluding hydrogens is 230 g/mol. The van der Waals surface area contributed by atoms with E-state index in [1.54, 1.807) is 0 Å². The van der Waals surface area contributed by atoms with Crippen LogP contribution < -0.4 is 0 Å². The fourth-order valence-electron chi connectivity index (χ4n) is 1.44. The minimum absolute atomic E-state index is 0.0123. The average molecular weight is 253 g/mol. The van der Waals surface area contributed by atoms with Crippen LogP contribution >= 0.6 is 11.8 Å². The first-order valence-electron chi connectivity index (χ1n) is 6.01. The number of ether oxygens (including phenoxy) is 1. The van der Waals surface area contributed by atoms with Crippen molar-refractivity contribution >= 4 is 11.8 Å². The molecule has 0 N–H and O–H groups in total. The molecule has 1 unspecified atom stereocenters. The zero-order valence-electron chi connectivity index (χ0n) is 10.8. The Bertz CT molecular complexity index is 259. The van der Waals surface area contributed by atoms with Gasteiger partial charge in [0.1, 0.15) is 5.40 Å². The predicted molar refractivity (Wildman–Crippen MR) is 75.9 cm³/mol. The standard InChI is InChI=1S/C14H23NOS/c1-4-9-14(3,5-2)12-16-10-7-6-8-11-17-13-15/h4-5H,1-2,6-12H2,3H3. The summed E-state index contributed by atoms with van der Waals surface area (Å²) in [6, 6.07) is 0. The molecule has 0 aliphatic heterocycles. The molecule has 0 aromatic heterocycles. The van der Waals surface area contributed by atoms with Gasteiger partial charge in [-0.15, -0.1) is 13.2 Å². The molecule has 0 fully saturated rings. The van der Waals surface area contributed by atoms with Crippen LogP contribution in [0.5, 0.6) is 0 Å². The van der Waals surface area contributed by atoms with Crippen molar-refractivity contribution in [2.45, 2.75) is 32.6 Å². The van der Waals surface area contributed by atoms with E-state index in [0.29, 0.717) is 6.61 Å². The van der Waals surface area contributed by atoms with Crippen molar-refractivity contribution in [2.75, 3.05) is 19.0 Å². The topological polar surface area (TPSA) is 33.0 Å². The van der Waals surface area contributed by atoms with E-state index in [2.05, 4.69) is 25.5 Å². The van der Waals surface area contributed by atoms with Gasteiger partial charge in [0, 0.05) is 17.8 Å². The van der Waals surface area contributed by atoms with Crippen molar-refractivity contribution in [1.82, 2.24) is 0 Å². The third-order valence-electron chi connectivity index (χ3n) is 2.63. The number of thiocyanates is 1. The summed E-state index contributed by atoms with van der Waals surface area (Å²) < 4.78 is 5.66. The molecule has 0 aliphatic rings. The highest BCUT2D eigenvalue weighted by molar-refractivity contribution is 8.03. The van der Waals surface area contributed by atoms with Crippen molar-refractivity contribution in [3.8, 4) is 5.40 Å². The maximum absolute atomic E-state index is 8.35. The maximum atomic E-state index is 8.35. The first-order chi connectivity index (χ1) is 8.18. The van der Waals surface area contributed by atoms with Crippen molar-refractivity contribution in [1.29, 1.82) is 5.26 Å². The molecule has 0 bridgehead atoms. The van der Waals surface area contributed by atoms with Gasteiger partial charge in [-0.2, -0.15) is 5.26 Å². The summed E-state index contributed by atoms with van der Waals surface area (Å²) in [5.41, 5.74) is 0.0123. The molecular formula is C14H23NOS. The maximum Gasteiger partial charge on any atom is 0.133 e. The summed E-state index contributed by atoms with van der Waals surface area (Å²) in [6.45, 7) is 11.2. The SMILES string of the molecule is C=CCC(C)(C=C)COCCCCCSC#N. The minimum atomic E-state index is 0.0123. The Kier molecular flexibility index (Phi) is 9.99. The van der Waals surface area contributed by atoms with Gasteiger partial charge >= 0.3 is 0 Å². The summed E-state index contributed by atoms with van der Waals surface area (Å²) in [5.74, 6) is 0.928. The van der Waals surface area contributed by atoms with Gasteiger partial charge < -0.3 is 4.74 Å². The summed E-state index contributed by atoms with van der Waals surface area (Å²) in [6.07, 6.45) is 8.03. The zero-order valence-corrected chi connectivity index (χ0v) is 11.6. The number of nitrogens with zero attached hydrogens (tertiary/aromatic N) is 1. The molecule has 96 valence electrons. The molecule has 0 amide bonds. The second kappa shape index (κ2) is 10.4. The number of allylic oxidation sites excluding steroid dienone is 1. The molecule has 0 saturated carbocycles. The molecule has 0 radical (unpaired) electrons. The number of hydrogen-bond acceptors (Lipinski definition) is 3. The number of rotatable bonds is 11. The Hall–Kier alpha value is -0.720. The summed E-state index contributed by atoms with van der Waals surface area (Å²) in [7, 11) is 0. The van der Waals surface area contributed by atoms with Gasteiger partial charge in [0.25, 0.3) is 0 Å². The highest BCUT2D eigenvalue weighted by atomic mass is 32.2. The Morgan fingerprint density at radius 1 is 1.35 bits per heavy atom. The molecule has 0 heterocycles. The molecule has 0 aromatic rings. The van der Waals surface area contributed by atoms with Gasteiger partial charge in [0.05, 0.1) is 6.61 Å². The quantitative estimate of drug-likeness (QED) is 0.315. The lowest BCUT2D eigenvalue weighted by atomic mass is 9.88. The van der Waals surface area contributed by atoms with E-state index in [4.69, 9.17) is 10.00 Å². The number of hydrogen-bond donors (Lipinski definition) is 0. The third kappa shape index (κ3) is 9.02. The van der Waals surface area contributed by atoms with E-state index in [1.807, 2.05) is 12.2 Å². The van der Waals surface area contributed by atoms with E-state index in [9.17, 15) is 0 Å². The van der Waals surface area contributed by atoms with Crippen LogP contribution in [0.25, 0.3) is 0 Å². The van der Waals surface area contributed by atoms with Crippen molar-refractivity contribution < 1.29 is 4.74 Å². The summed E-state index contributed by atoms with van der Waals surface area (Å²) >= 11 is 1.33. The highest BCUT2D eigenvalue weighted by Gasteiger charge is 2.18. The molecule has 3 heteroatoms. The fraction of sp³-hybridized carbons (Fsp3) is 0.643. The molecule has 1 atom stereocenters. The van der Waals surface area contributed by atoms with E-state index >= 15 is 0 Å². The lowest BCUT2D eigenvalue weighted by Gasteiger charge is -2.23. The van der Waals surface area contributed by atoms with Gasteiger partial charge in [-0.3, -0.25) is 0 Å². The van der Waals surface area contributed by atoms with Crippen LogP contribution in [0.2, 0.25) is 0 Å². The van der Waals surface area contributed by atoms with Crippen LogP contribution in [0, 0.1) is 16.1 Å². The van der Waals surface area contributed by atoms with Crippen molar-refractivity contribution in [3.05, 3.63) is 25.3 Å². The summed E-state index contributed by atoms with van der Waals surface area (Å²) in [5, 5.41) is 10.4. The second-order valence-electron chi connectivity index (χ2n) is 4.40. The smallest absolute Gasteiger partial charge is 0.133 e. The first kappa shape index (κ1) is 16.3. The Morgan fingerprint density at radius 2 is 2.12 bits per heavy atom. The van der Waals surface area contributed by atoms with Crippen LogP contribution in [-0.4, -0.2) is 19.0 Å². The predicted octanol–water partition coefficient (Wildman–Crippen LogP) is 4.16. The molecule has 0 rings (SSSR count). The Morgan fingerprint density at radius 3 is 2.71 bits per heavy atom. The molecule has 0 aliphatic carbocycles. The zero-order chi connectivity index (χ0) is 13.0. The molecule has 2 nitrogen and oxygen atoms in total.